The summed E-state index contributed by atoms with van der Waals surface area (Å²) in [5.74, 6) is 1.44. The summed E-state index contributed by atoms with van der Waals surface area (Å²) in [6, 6.07) is 5.64. The Balaban J connectivity index is 1.79. The molecule has 90 valence electrons. The SMILES string of the molecule is N#Cc1ccc(NCC2CCC(O)CC2)nc1. The van der Waals surface area contributed by atoms with Gasteiger partial charge in [-0.15, -0.1) is 0 Å². The lowest BCUT2D eigenvalue weighted by Gasteiger charge is -2.25. The largest absolute Gasteiger partial charge is 0.393 e. The first-order chi connectivity index (χ1) is 8.28. The fraction of sp³-hybridized carbons (Fsp3) is 0.538. The van der Waals surface area contributed by atoms with E-state index in [1.807, 2.05) is 12.1 Å². The summed E-state index contributed by atoms with van der Waals surface area (Å²) in [4.78, 5) is 4.17. The second kappa shape index (κ2) is 5.65. The van der Waals surface area contributed by atoms with Crippen LogP contribution >= 0.6 is 0 Å². The molecule has 1 aromatic heterocycles. The Morgan fingerprint density at radius 2 is 2.12 bits per heavy atom. The zero-order valence-electron chi connectivity index (χ0n) is 9.76. The Hall–Kier alpha value is -1.60. The maximum atomic E-state index is 9.41. The second-order valence-electron chi connectivity index (χ2n) is 4.60. The van der Waals surface area contributed by atoms with Gasteiger partial charge in [0.25, 0.3) is 0 Å². The van der Waals surface area contributed by atoms with Crippen LogP contribution in [0.5, 0.6) is 0 Å². The van der Waals surface area contributed by atoms with Crippen LogP contribution in [-0.2, 0) is 0 Å². The number of hydrogen-bond donors (Lipinski definition) is 2. The van der Waals surface area contributed by atoms with E-state index in [0.717, 1.165) is 38.0 Å². The van der Waals surface area contributed by atoms with E-state index >= 15 is 0 Å². The summed E-state index contributed by atoms with van der Waals surface area (Å²) >= 11 is 0. The predicted molar refractivity (Wildman–Crippen MR) is 65.4 cm³/mol. The van der Waals surface area contributed by atoms with E-state index in [2.05, 4.69) is 10.3 Å². The highest BCUT2D eigenvalue weighted by molar-refractivity contribution is 5.38. The quantitative estimate of drug-likeness (QED) is 0.833. The molecule has 0 saturated heterocycles. The molecule has 0 radical (unpaired) electrons. The first-order valence-corrected chi connectivity index (χ1v) is 6.06. The summed E-state index contributed by atoms with van der Waals surface area (Å²) in [7, 11) is 0. The number of pyridine rings is 1. The van der Waals surface area contributed by atoms with Gasteiger partial charge in [-0.25, -0.2) is 4.98 Å². The fourth-order valence-electron chi connectivity index (χ4n) is 2.16. The molecule has 4 nitrogen and oxygen atoms in total. The Bertz CT molecular complexity index is 388. The molecule has 17 heavy (non-hydrogen) atoms. The molecule has 2 N–H and O–H groups in total. The Morgan fingerprint density at radius 3 is 2.71 bits per heavy atom. The van der Waals surface area contributed by atoms with Crippen molar-refractivity contribution in [3.63, 3.8) is 0 Å². The summed E-state index contributed by atoms with van der Waals surface area (Å²) in [5.41, 5.74) is 0.580. The molecular weight excluding hydrogens is 214 g/mol. The highest BCUT2D eigenvalue weighted by atomic mass is 16.3. The lowest BCUT2D eigenvalue weighted by atomic mass is 9.87. The molecule has 0 amide bonds. The van der Waals surface area contributed by atoms with Gasteiger partial charge in [-0.05, 0) is 43.7 Å². The first kappa shape index (κ1) is 11.9. The zero-order chi connectivity index (χ0) is 12.1. The molecule has 0 aliphatic heterocycles. The van der Waals surface area contributed by atoms with Crippen molar-refractivity contribution < 1.29 is 5.11 Å². The Morgan fingerprint density at radius 1 is 1.35 bits per heavy atom. The number of hydrogen-bond acceptors (Lipinski definition) is 4. The summed E-state index contributed by atoms with van der Waals surface area (Å²) in [5, 5.41) is 21.3. The molecule has 1 heterocycles. The molecule has 1 fully saturated rings. The van der Waals surface area contributed by atoms with Crippen molar-refractivity contribution in [3.05, 3.63) is 23.9 Å². The van der Waals surface area contributed by atoms with Crippen LogP contribution < -0.4 is 5.32 Å². The van der Waals surface area contributed by atoms with E-state index in [1.165, 1.54) is 0 Å². The summed E-state index contributed by atoms with van der Waals surface area (Å²) < 4.78 is 0. The van der Waals surface area contributed by atoms with Crippen LogP contribution in [0.2, 0.25) is 0 Å². The highest BCUT2D eigenvalue weighted by Gasteiger charge is 2.18. The molecule has 1 aliphatic carbocycles. The third kappa shape index (κ3) is 3.43. The van der Waals surface area contributed by atoms with E-state index in [1.54, 1.807) is 12.3 Å². The maximum absolute atomic E-state index is 9.41. The molecule has 1 aliphatic rings. The molecule has 0 atom stereocenters. The van der Waals surface area contributed by atoms with E-state index in [4.69, 9.17) is 5.26 Å². The van der Waals surface area contributed by atoms with E-state index in [9.17, 15) is 5.11 Å². The number of aromatic nitrogens is 1. The minimum atomic E-state index is -0.0979. The fourth-order valence-corrected chi connectivity index (χ4v) is 2.16. The molecule has 4 heteroatoms. The van der Waals surface area contributed by atoms with Crippen molar-refractivity contribution in [1.29, 1.82) is 5.26 Å². The number of nitrogens with one attached hydrogen (secondary N) is 1. The van der Waals surface area contributed by atoms with Gasteiger partial charge in [-0.1, -0.05) is 0 Å². The lowest BCUT2D eigenvalue weighted by molar-refractivity contribution is 0.111. The molecule has 0 spiro atoms. The van der Waals surface area contributed by atoms with Gasteiger partial charge in [0.2, 0.25) is 0 Å². The maximum Gasteiger partial charge on any atom is 0.125 e. The summed E-state index contributed by atoms with van der Waals surface area (Å²) in [6.07, 6.45) is 5.45. The number of aliphatic hydroxyl groups is 1. The van der Waals surface area contributed by atoms with Crippen LogP contribution in [0.15, 0.2) is 18.3 Å². The Labute approximate surface area is 101 Å². The monoisotopic (exact) mass is 231 g/mol. The van der Waals surface area contributed by atoms with Gasteiger partial charge in [0, 0.05) is 12.7 Å². The highest BCUT2D eigenvalue weighted by Crippen LogP contribution is 2.24. The third-order valence-electron chi connectivity index (χ3n) is 3.28. The lowest BCUT2D eigenvalue weighted by Crippen LogP contribution is -2.23. The van der Waals surface area contributed by atoms with Crippen molar-refractivity contribution in [2.45, 2.75) is 31.8 Å². The van der Waals surface area contributed by atoms with Crippen LogP contribution in [0.3, 0.4) is 0 Å². The van der Waals surface area contributed by atoms with Gasteiger partial charge in [-0.3, -0.25) is 0 Å². The van der Waals surface area contributed by atoms with Crippen LogP contribution in [0.1, 0.15) is 31.2 Å². The van der Waals surface area contributed by atoms with Gasteiger partial charge in [0.05, 0.1) is 11.7 Å². The zero-order valence-corrected chi connectivity index (χ0v) is 9.76. The molecule has 0 aromatic carbocycles. The van der Waals surface area contributed by atoms with Crippen LogP contribution in [0, 0.1) is 17.2 Å². The van der Waals surface area contributed by atoms with E-state index in [0.29, 0.717) is 11.5 Å². The molecule has 2 rings (SSSR count). The molecule has 1 aromatic rings. The first-order valence-electron chi connectivity index (χ1n) is 6.06. The normalized spacial score (nSPS) is 24.0. The van der Waals surface area contributed by atoms with Crippen molar-refractivity contribution in [2.75, 3.05) is 11.9 Å². The average Bonchev–Trinajstić information content (AvgIpc) is 2.39. The van der Waals surface area contributed by atoms with Gasteiger partial charge in [0.1, 0.15) is 11.9 Å². The molecular formula is C13H17N3O. The smallest absolute Gasteiger partial charge is 0.125 e. The second-order valence-corrected chi connectivity index (χ2v) is 4.60. The Kier molecular flexibility index (Phi) is 3.94. The standard InChI is InChI=1S/C13H17N3O/c14-7-11-3-6-13(16-9-11)15-8-10-1-4-12(17)5-2-10/h3,6,9-10,12,17H,1-2,4-5,8H2,(H,15,16). The van der Waals surface area contributed by atoms with Gasteiger partial charge in [0.15, 0.2) is 0 Å². The van der Waals surface area contributed by atoms with Gasteiger partial charge < -0.3 is 10.4 Å². The minimum Gasteiger partial charge on any atom is -0.393 e. The van der Waals surface area contributed by atoms with Gasteiger partial charge in [-0.2, -0.15) is 5.26 Å². The molecule has 0 bridgehead atoms. The number of anilines is 1. The van der Waals surface area contributed by atoms with Crippen molar-refractivity contribution in [1.82, 2.24) is 4.98 Å². The van der Waals surface area contributed by atoms with Crippen LogP contribution in [0.25, 0.3) is 0 Å². The van der Waals surface area contributed by atoms with Crippen molar-refractivity contribution in [2.24, 2.45) is 5.92 Å². The molecule has 0 unspecified atom stereocenters. The minimum absolute atomic E-state index is 0.0979. The number of nitriles is 1. The number of rotatable bonds is 3. The average molecular weight is 231 g/mol. The molecule has 1 saturated carbocycles. The predicted octanol–water partition coefficient (Wildman–Crippen LogP) is 1.92. The van der Waals surface area contributed by atoms with Crippen molar-refractivity contribution >= 4 is 5.82 Å². The van der Waals surface area contributed by atoms with E-state index in [-0.39, 0.29) is 6.10 Å². The summed E-state index contributed by atoms with van der Waals surface area (Å²) in [6.45, 7) is 0.894. The third-order valence-corrected chi connectivity index (χ3v) is 3.28. The van der Waals surface area contributed by atoms with E-state index < -0.39 is 0 Å². The van der Waals surface area contributed by atoms with Crippen LogP contribution in [0.4, 0.5) is 5.82 Å². The van der Waals surface area contributed by atoms with Gasteiger partial charge >= 0.3 is 0 Å². The number of nitrogens with zero attached hydrogens (tertiary/aromatic N) is 2. The topological polar surface area (TPSA) is 68.9 Å². The van der Waals surface area contributed by atoms with Crippen LogP contribution in [-0.4, -0.2) is 22.7 Å². The van der Waals surface area contributed by atoms with Crippen molar-refractivity contribution in [3.8, 4) is 6.07 Å². The number of aliphatic hydroxyl groups excluding tert-OH is 1.